The lowest BCUT2D eigenvalue weighted by Gasteiger charge is -2.23. The summed E-state index contributed by atoms with van der Waals surface area (Å²) in [6.45, 7) is 7.48. The Balaban J connectivity index is 1.64. The molecule has 2 aromatic rings. The van der Waals surface area contributed by atoms with Crippen LogP contribution in [0.2, 0.25) is 0 Å². The minimum absolute atomic E-state index is 0.197. The van der Waals surface area contributed by atoms with Gasteiger partial charge in [-0.3, -0.25) is 5.43 Å². The van der Waals surface area contributed by atoms with E-state index in [0.29, 0.717) is 5.56 Å². The molecule has 0 fully saturated rings. The van der Waals surface area contributed by atoms with Gasteiger partial charge in [0, 0.05) is 11.8 Å². The zero-order valence-electron chi connectivity index (χ0n) is 15.0. The molecule has 0 atom stereocenters. The number of hydrogen-bond donors (Lipinski definition) is 1. The average Bonchev–Trinajstić information content (AvgIpc) is 2.73. The van der Waals surface area contributed by atoms with Crippen LogP contribution in [0.15, 0.2) is 85.0 Å². The van der Waals surface area contributed by atoms with E-state index in [1.165, 1.54) is 11.6 Å². The SMILES string of the molecule is C=CCOC(=O)c1ccc(N2C=NC(c3ccc(CC=C)cc3)=CN2)cc1. The molecule has 0 aliphatic carbocycles. The Kier molecular flexibility index (Phi) is 5.84. The van der Waals surface area contributed by atoms with E-state index < -0.39 is 0 Å². The second-order valence-electron chi connectivity index (χ2n) is 5.90. The lowest BCUT2D eigenvalue weighted by atomic mass is 10.1. The fraction of sp³-hybridized carbons (Fsp3) is 0.0909. The fourth-order valence-corrected chi connectivity index (χ4v) is 2.57. The molecule has 2 aromatic carbocycles. The van der Waals surface area contributed by atoms with Crippen molar-refractivity contribution in [1.29, 1.82) is 0 Å². The van der Waals surface area contributed by atoms with Gasteiger partial charge in [0.1, 0.15) is 12.9 Å². The third-order valence-electron chi connectivity index (χ3n) is 4.00. The molecule has 0 radical (unpaired) electrons. The summed E-state index contributed by atoms with van der Waals surface area (Å²) < 4.78 is 5.02. The maximum atomic E-state index is 11.8. The quantitative estimate of drug-likeness (QED) is 0.597. The van der Waals surface area contributed by atoms with Crippen molar-refractivity contribution >= 4 is 23.7 Å². The van der Waals surface area contributed by atoms with E-state index in [9.17, 15) is 4.79 Å². The van der Waals surface area contributed by atoms with Crippen molar-refractivity contribution in [2.24, 2.45) is 4.99 Å². The molecule has 5 heteroatoms. The van der Waals surface area contributed by atoms with Crippen LogP contribution in [-0.2, 0) is 11.2 Å². The van der Waals surface area contributed by atoms with Gasteiger partial charge in [0.2, 0.25) is 0 Å². The number of hydrogen-bond acceptors (Lipinski definition) is 5. The molecule has 0 saturated heterocycles. The normalized spacial score (nSPS) is 12.7. The Morgan fingerprint density at radius 2 is 1.81 bits per heavy atom. The topological polar surface area (TPSA) is 53.9 Å². The number of ether oxygens (including phenoxy) is 1. The summed E-state index contributed by atoms with van der Waals surface area (Å²) in [7, 11) is 0. The van der Waals surface area contributed by atoms with E-state index in [1.807, 2.05) is 36.5 Å². The summed E-state index contributed by atoms with van der Waals surface area (Å²) in [6.07, 6.45) is 7.83. The van der Waals surface area contributed by atoms with Crippen LogP contribution in [0.5, 0.6) is 0 Å². The van der Waals surface area contributed by atoms with Gasteiger partial charge in [0.05, 0.1) is 16.9 Å². The largest absolute Gasteiger partial charge is 0.458 e. The summed E-state index contributed by atoms with van der Waals surface area (Å²) in [6, 6.07) is 15.3. The standard InChI is InChI=1S/C22H21N3O2/c1-3-5-17-6-8-18(9-7-17)21-15-24-25(16-23-21)20-12-10-19(11-13-20)22(26)27-14-4-2/h3-4,6-13,15-16,24H,1-2,5,14H2. The van der Waals surface area contributed by atoms with E-state index in [0.717, 1.165) is 23.4 Å². The first kappa shape index (κ1) is 18.2. The van der Waals surface area contributed by atoms with E-state index >= 15 is 0 Å². The molecule has 0 aromatic heterocycles. The van der Waals surface area contributed by atoms with Crippen molar-refractivity contribution in [1.82, 2.24) is 5.43 Å². The van der Waals surface area contributed by atoms with Crippen LogP contribution in [0.4, 0.5) is 5.69 Å². The van der Waals surface area contributed by atoms with Gasteiger partial charge in [0.15, 0.2) is 0 Å². The summed E-state index contributed by atoms with van der Waals surface area (Å²) in [5.41, 5.74) is 7.63. The first-order chi connectivity index (χ1) is 13.2. The number of allylic oxidation sites excluding steroid dienone is 1. The van der Waals surface area contributed by atoms with Crippen molar-refractivity contribution in [3.05, 3.63) is 96.7 Å². The van der Waals surface area contributed by atoms with Crippen LogP contribution in [0, 0.1) is 0 Å². The molecular weight excluding hydrogens is 338 g/mol. The molecule has 1 N–H and O–H groups in total. The Bertz CT molecular complexity index is 881. The van der Waals surface area contributed by atoms with E-state index in [4.69, 9.17) is 4.74 Å². The predicted molar refractivity (Wildman–Crippen MR) is 109 cm³/mol. The molecule has 3 rings (SSSR count). The lowest BCUT2D eigenvalue weighted by molar-refractivity contribution is 0.0550. The minimum atomic E-state index is -0.371. The van der Waals surface area contributed by atoms with Crippen LogP contribution in [-0.4, -0.2) is 18.9 Å². The number of carbonyl (C=O) groups excluding carboxylic acids is 1. The molecular formula is C22H21N3O2. The smallest absolute Gasteiger partial charge is 0.338 e. The average molecular weight is 359 g/mol. The van der Waals surface area contributed by atoms with Crippen LogP contribution in [0.1, 0.15) is 21.5 Å². The number of rotatable bonds is 7. The van der Waals surface area contributed by atoms with Crippen molar-refractivity contribution in [2.45, 2.75) is 6.42 Å². The van der Waals surface area contributed by atoms with Crippen LogP contribution >= 0.6 is 0 Å². The summed E-state index contributed by atoms with van der Waals surface area (Å²) in [4.78, 5) is 16.3. The Labute approximate surface area is 159 Å². The zero-order chi connectivity index (χ0) is 19.1. The molecule has 0 bridgehead atoms. The number of carbonyl (C=O) groups is 1. The van der Waals surface area contributed by atoms with Gasteiger partial charge in [-0.25, -0.2) is 14.8 Å². The number of aliphatic imine (C=N–C) groups is 1. The molecule has 0 saturated carbocycles. The maximum absolute atomic E-state index is 11.8. The lowest BCUT2D eigenvalue weighted by Crippen LogP contribution is -2.35. The third kappa shape index (κ3) is 4.52. The molecule has 1 aliphatic heterocycles. The van der Waals surface area contributed by atoms with Gasteiger partial charge in [-0.15, -0.1) is 6.58 Å². The number of benzene rings is 2. The molecule has 0 amide bonds. The minimum Gasteiger partial charge on any atom is -0.458 e. The maximum Gasteiger partial charge on any atom is 0.338 e. The van der Waals surface area contributed by atoms with Crippen LogP contribution < -0.4 is 10.4 Å². The second kappa shape index (κ2) is 8.67. The zero-order valence-corrected chi connectivity index (χ0v) is 15.0. The van der Waals surface area contributed by atoms with Gasteiger partial charge >= 0.3 is 5.97 Å². The molecule has 5 nitrogen and oxygen atoms in total. The van der Waals surface area contributed by atoms with E-state index in [-0.39, 0.29) is 12.6 Å². The van der Waals surface area contributed by atoms with Gasteiger partial charge in [-0.05, 0) is 36.2 Å². The molecule has 27 heavy (non-hydrogen) atoms. The summed E-state index contributed by atoms with van der Waals surface area (Å²) in [5, 5.41) is 1.77. The highest BCUT2D eigenvalue weighted by molar-refractivity contribution is 5.91. The predicted octanol–water partition coefficient (Wildman–Crippen LogP) is 4.11. The molecule has 1 aliphatic rings. The van der Waals surface area contributed by atoms with Crippen molar-refractivity contribution in [2.75, 3.05) is 11.6 Å². The first-order valence-corrected chi connectivity index (χ1v) is 8.59. The van der Waals surface area contributed by atoms with E-state index in [1.54, 1.807) is 23.5 Å². The Morgan fingerprint density at radius 3 is 2.41 bits per heavy atom. The Morgan fingerprint density at radius 1 is 1.07 bits per heavy atom. The summed E-state index contributed by atoms with van der Waals surface area (Å²) >= 11 is 0. The fourth-order valence-electron chi connectivity index (χ4n) is 2.57. The number of nitrogens with one attached hydrogen (secondary N) is 1. The monoisotopic (exact) mass is 359 g/mol. The van der Waals surface area contributed by atoms with Crippen molar-refractivity contribution < 1.29 is 9.53 Å². The highest BCUT2D eigenvalue weighted by atomic mass is 16.5. The number of nitrogens with zero attached hydrogens (tertiary/aromatic N) is 2. The first-order valence-electron chi connectivity index (χ1n) is 8.59. The summed E-state index contributed by atoms with van der Waals surface area (Å²) in [5.74, 6) is -0.371. The molecule has 136 valence electrons. The second-order valence-corrected chi connectivity index (χ2v) is 5.90. The van der Waals surface area contributed by atoms with Gasteiger partial charge in [-0.1, -0.05) is 43.0 Å². The van der Waals surface area contributed by atoms with Gasteiger partial charge in [-0.2, -0.15) is 0 Å². The van der Waals surface area contributed by atoms with E-state index in [2.05, 4.69) is 35.7 Å². The molecule has 0 spiro atoms. The van der Waals surface area contributed by atoms with Crippen molar-refractivity contribution in [3.8, 4) is 0 Å². The highest BCUT2D eigenvalue weighted by Gasteiger charge is 2.11. The Hall–Kier alpha value is -3.60. The third-order valence-corrected chi connectivity index (χ3v) is 4.00. The van der Waals surface area contributed by atoms with Gasteiger partial charge in [0.25, 0.3) is 0 Å². The highest BCUT2D eigenvalue weighted by Crippen LogP contribution is 2.20. The number of esters is 1. The number of hydrazine groups is 1. The van der Waals surface area contributed by atoms with Crippen LogP contribution in [0.3, 0.4) is 0 Å². The van der Waals surface area contributed by atoms with Crippen LogP contribution in [0.25, 0.3) is 5.70 Å². The van der Waals surface area contributed by atoms with Crippen molar-refractivity contribution in [3.63, 3.8) is 0 Å². The molecule has 1 heterocycles. The number of anilines is 1. The van der Waals surface area contributed by atoms with Gasteiger partial charge < -0.3 is 4.74 Å². The molecule has 0 unspecified atom stereocenters.